The largest absolute Gasteiger partial charge is 0.460 e. The fourth-order valence-corrected chi connectivity index (χ4v) is 3.76. The lowest BCUT2D eigenvalue weighted by molar-refractivity contribution is -0.142. The van der Waals surface area contributed by atoms with E-state index in [2.05, 4.69) is 5.32 Å². The molecule has 3 rings (SSSR count). The molecule has 1 unspecified atom stereocenters. The van der Waals surface area contributed by atoms with Crippen molar-refractivity contribution in [2.45, 2.75) is 31.8 Å². The van der Waals surface area contributed by atoms with Crippen molar-refractivity contribution in [1.29, 1.82) is 0 Å². The first-order valence-electron chi connectivity index (χ1n) is 9.77. The van der Waals surface area contributed by atoms with E-state index in [9.17, 15) is 18.8 Å². The minimum atomic E-state index is -0.551. The normalized spacial score (nSPS) is 21.8. The predicted molar refractivity (Wildman–Crippen MR) is 103 cm³/mol. The SMILES string of the molecule is CC(=O)NC[C@H]1CC(c2ccc(N3CCN(C(=O)CCO)CC3)c(F)c2)C(=O)O1. The monoisotopic (exact) mass is 407 g/mol. The number of amides is 2. The Morgan fingerprint density at radius 1 is 1.28 bits per heavy atom. The summed E-state index contributed by atoms with van der Waals surface area (Å²) in [6.45, 7) is 3.40. The van der Waals surface area contributed by atoms with Crippen molar-refractivity contribution < 1.29 is 28.6 Å². The molecule has 2 atom stereocenters. The fraction of sp³-hybridized carbons (Fsp3) is 0.550. The Labute approximate surface area is 168 Å². The zero-order chi connectivity index (χ0) is 21.0. The first-order chi connectivity index (χ1) is 13.9. The van der Waals surface area contributed by atoms with Gasteiger partial charge in [0.1, 0.15) is 11.9 Å². The van der Waals surface area contributed by atoms with Crippen LogP contribution in [0.15, 0.2) is 18.2 Å². The molecule has 1 aromatic carbocycles. The third-order valence-corrected chi connectivity index (χ3v) is 5.32. The number of carbonyl (C=O) groups is 3. The number of rotatable bonds is 6. The quantitative estimate of drug-likeness (QED) is 0.662. The molecule has 8 nitrogen and oxygen atoms in total. The highest BCUT2D eigenvalue weighted by Crippen LogP contribution is 2.33. The molecule has 0 radical (unpaired) electrons. The van der Waals surface area contributed by atoms with Crippen molar-refractivity contribution in [3.8, 4) is 0 Å². The molecule has 0 saturated carbocycles. The van der Waals surface area contributed by atoms with Crippen LogP contribution in [-0.4, -0.2) is 73.2 Å². The van der Waals surface area contributed by atoms with Gasteiger partial charge in [-0.15, -0.1) is 0 Å². The molecule has 0 spiro atoms. The number of piperazine rings is 1. The Hall–Kier alpha value is -2.68. The summed E-state index contributed by atoms with van der Waals surface area (Å²) < 4.78 is 20.1. The van der Waals surface area contributed by atoms with Gasteiger partial charge in [-0.05, 0) is 17.7 Å². The number of ether oxygens (including phenoxy) is 1. The Morgan fingerprint density at radius 3 is 2.62 bits per heavy atom. The Bertz CT molecular complexity index is 779. The summed E-state index contributed by atoms with van der Waals surface area (Å²) in [5.41, 5.74) is 0.988. The van der Waals surface area contributed by atoms with Crippen molar-refractivity contribution in [2.75, 3.05) is 44.2 Å². The number of halogens is 1. The van der Waals surface area contributed by atoms with Gasteiger partial charge >= 0.3 is 5.97 Å². The second-order valence-corrected chi connectivity index (χ2v) is 7.34. The zero-order valence-electron chi connectivity index (χ0n) is 16.4. The third kappa shape index (κ3) is 5.03. The molecule has 0 aromatic heterocycles. The van der Waals surface area contributed by atoms with Crippen molar-refractivity contribution in [3.05, 3.63) is 29.6 Å². The summed E-state index contributed by atoms with van der Waals surface area (Å²) in [6.07, 6.45) is 0.0798. The van der Waals surface area contributed by atoms with E-state index in [0.717, 1.165) is 0 Å². The van der Waals surface area contributed by atoms with Crippen LogP contribution in [0.1, 0.15) is 31.2 Å². The number of aliphatic hydroxyl groups excluding tert-OH is 1. The third-order valence-electron chi connectivity index (χ3n) is 5.32. The summed E-state index contributed by atoms with van der Waals surface area (Å²) in [5.74, 6) is -1.68. The van der Waals surface area contributed by atoms with Gasteiger partial charge in [0.05, 0.1) is 24.8 Å². The van der Waals surface area contributed by atoms with Crippen molar-refractivity contribution in [3.63, 3.8) is 0 Å². The predicted octanol–water partition coefficient (Wildman–Crippen LogP) is 0.392. The fourth-order valence-electron chi connectivity index (χ4n) is 3.76. The van der Waals surface area contributed by atoms with E-state index in [1.165, 1.54) is 13.0 Å². The van der Waals surface area contributed by atoms with Crippen molar-refractivity contribution in [1.82, 2.24) is 10.2 Å². The average molecular weight is 407 g/mol. The maximum atomic E-state index is 14.8. The molecule has 9 heteroatoms. The average Bonchev–Trinajstić information content (AvgIpc) is 3.07. The van der Waals surface area contributed by atoms with E-state index in [-0.39, 0.29) is 31.4 Å². The van der Waals surface area contributed by atoms with E-state index in [0.29, 0.717) is 43.9 Å². The lowest BCUT2D eigenvalue weighted by Gasteiger charge is -2.36. The molecule has 2 heterocycles. The molecule has 2 aliphatic heterocycles. The maximum absolute atomic E-state index is 14.8. The van der Waals surface area contributed by atoms with Crippen molar-refractivity contribution >= 4 is 23.5 Å². The number of hydrogen-bond acceptors (Lipinski definition) is 6. The summed E-state index contributed by atoms with van der Waals surface area (Å²) in [4.78, 5) is 38.6. The van der Waals surface area contributed by atoms with Crippen LogP contribution in [0.3, 0.4) is 0 Å². The van der Waals surface area contributed by atoms with Crippen LogP contribution in [0.5, 0.6) is 0 Å². The van der Waals surface area contributed by atoms with E-state index < -0.39 is 23.8 Å². The van der Waals surface area contributed by atoms with Crippen LogP contribution in [0.2, 0.25) is 0 Å². The summed E-state index contributed by atoms with van der Waals surface area (Å²) in [6, 6.07) is 4.75. The second-order valence-electron chi connectivity index (χ2n) is 7.34. The van der Waals surface area contributed by atoms with Crippen molar-refractivity contribution in [2.24, 2.45) is 0 Å². The van der Waals surface area contributed by atoms with Gasteiger partial charge in [0.2, 0.25) is 11.8 Å². The topological polar surface area (TPSA) is 99.2 Å². The minimum Gasteiger partial charge on any atom is -0.460 e. The van der Waals surface area contributed by atoms with Crippen LogP contribution < -0.4 is 10.2 Å². The molecule has 158 valence electrons. The van der Waals surface area contributed by atoms with Crippen LogP contribution in [0.25, 0.3) is 0 Å². The second kappa shape index (κ2) is 9.21. The summed E-state index contributed by atoms with van der Waals surface area (Å²) >= 11 is 0. The standard InChI is InChI=1S/C20H26FN3O5/c1-13(26)22-12-15-11-16(20(28)29-15)14-2-3-18(17(21)10-14)23-5-7-24(8-6-23)19(27)4-9-25/h2-3,10,15-16,25H,4-9,11-12H2,1H3,(H,22,26)/t15-,16?/m1/s1. The number of cyclic esters (lactones) is 1. The minimum absolute atomic E-state index is 0.100. The zero-order valence-corrected chi connectivity index (χ0v) is 16.4. The highest BCUT2D eigenvalue weighted by atomic mass is 19.1. The lowest BCUT2D eigenvalue weighted by atomic mass is 9.95. The van der Waals surface area contributed by atoms with Gasteiger partial charge in [0, 0.05) is 45.9 Å². The van der Waals surface area contributed by atoms with Gasteiger partial charge < -0.3 is 25.0 Å². The van der Waals surface area contributed by atoms with Crippen LogP contribution in [-0.2, 0) is 19.1 Å². The lowest BCUT2D eigenvalue weighted by Crippen LogP contribution is -2.49. The van der Waals surface area contributed by atoms with Crippen LogP contribution >= 0.6 is 0 Å². The van der Waals surface area contributed by atoms with Crippen LogP contribution in [0.4, 0.5) is 10.1 Å². The molecule has 2 N–H and O–H groups in total. The molecule has 2 aliphatic rings. The molecular weight excluding hydrogens is 381 g/mol. The number of benzene rings is 1. The van der Waals surface area contributed by atoms with Gasteiger partial charge in [-0.1, -0.05) is 6.07 Å². The molecule has 0 bridgehead atoms. The molecule has 2 fully saturated rings. The number of esters is 1. The number of hydrogen-bond donors (Lipinski definition) is 2. The first-order valence-corrected chi connectivity index (χ1v) is 9.77. The van der Waals surface area contributed by atoms with Crippen LogP contribution in [0, 0.1) is 5.82 Å². The molecular formula is C20H26FN3O5. The molecule has 0 aliphatic carbocycles. The van der Waals surface area contributed by atoms with E-state index >= 15 is 0 Å². The Balaban J connectivity index is 1.62. The van der Waals surface area contributed by atoms with Gasteiger partial charge in [0.15, 0.2) is 0 Å². The van der Waals surface area contributed by atoms with Gasteiger partial charge in [0.25, 0.3) is 0 Å². The van der Waals surface area contributed by atoms with Gasteiger partial charge in [-0.2, -0.15) is 0 Å². The molecule has 1 aromatic rings. The first kappa shape index (κ1) is 21.0. The molecule has 2 amide bonds. The van der Waals surface area contributed by atoms with E-state index in [1.54, 1.807) is 17.0 Å². The van der Waals surface area contributed by atoms with Gasteiger partial charge in [-0.25, -0.2) is 4.39 Å². The van der Waals surface area contributed by atoms with Gasteiger partial charge in [-0.3, -0.25) is 14.4 Å². The number of carbonyl (C=O) groups excluding carboxylic acids is 3. The molecule has 2 saturated heterocycles. The number of nitrogens with zero attached hydrogens (tertiary/aromatic N) is 2. The smallest absolute Gasteiger partial charge is 0.313 e. The number of nitrogens with one attached hydrogen (secondary N) is 1. The summed E-state index contributed by atoms with van der Waals surface area (Å²) in [7, 11) is 0. The number of anilines is 1. The summed E-state index contributed by atoms with van der Waals surface area (Å²) in [5, 5.41) is 11.5. The highest BCUT2D eigenvalue weighted by molar-refractivity contribution is 5.81. The Kier molecular flexibility index (Phi) is 6.68. The van der Waals surface area contributed by atoms with E-state index in [4.69, 9.17) is 9.84 Å². The highest BCUT2D eigenvalue weighted by Gasteiger charge is 2.36. The van der Waals surface area contributed by atoms with E-state index in [1.807, 2.05) is 4.90 Å². The molecule has 29 heavy (non-hydrogen) atoms. The maximum Gasteiger partial charge on any atom is 0.313 e. The number of aliphatic hydroxyl groups is 1. The Morgan fingerprint density at radius 2 is 2.00 bits per heavy atom.